The maximum Gasteiger partial charge on any atom is 0.165 e. The molecule has 0 saturated heterocycles. The number of pyridine rings is 1. The molecule has 88 valence electrons. The highest BCUT2D eigenvalue weighted by molar-refractivity contribution is 5.35. The normalized spacial score (nSPS) is 12.2. The number of hydrogen-bond acceptors (Lipinski definition) is 3. The van der Waals surface area contributed by atoms with Crippen LogP contribution in [-0.2, 0) is 0 Å². The van der Waals surface area contributed by atoms with E-state index >= 15 is 0 Å². The fourth-order valence-electron chi connectivity index (χ4n) is 1.58. The van der Waals surface area contributed by atoms with Crippen LogP contribution in [0.4, 0.5) is 4.39 Å². The predicted octanol–water partition coefficient (Wildman–Crippen LogP) is 2.31. The van der Waals surface area contributed by atoms with E-state index < -0.39 is 11.9 Å². The SMILES string of the molecule is COc1cc(C(O)c2cccnc2)ccc1F. The van der Waals surface area contributed by atoms with Crippen molar-refractivity contribution in [2.75, 3.05) is 7.11 Å². The standard InChI is InChI=1S/C13H12FNO2/c1-17-12-7-9(4-5-11(12)14)13(16)10-3-2-6-15-8-10/h2-8,13,16H,1H3. The molecule has 0 radical (unpaired) electrons. The van der Waals surface area contributed by atoms with Crippen LogP contribution in [-0.4, -0.2) is 17.2 Å². The molecule has 0 aliphatic rings. The average molecular weight is 233 g/mol. The maximum atomic E-state index is 13.2. The Morgan fingerprint density at radius 3 is 2.76 bits per heavy atom. The third kappa shape index (κ3) is 2.42. The number of hydrogen-bond donors (Lipinski definition) is 1. The highest BCUT2D eigenvalue weighted by Gasteiger charge is 2.13. The van der Waals surface area contributed by atoms with Crippen molar-refractivity contribution in [1.82, 2.24) is 4.98 Å². The number of aliphatic hydroxyl groups is 1. The van der Waals surface area contributed by atoms with Crippen molar-refractivity contribution < 1.29 is 14.2 Å². The molecule has 3 nitrogen and oxygen atoms in total. The lowest BCUT2D eigenvalue weighted by molar-refractivity contribution is 0.219. The Hall–Kier alpha value is -1.94. The zero-order valence-electron chi connectivity index (χ0n) is 9.30. The molecule has 1 unspecified atom stereocenters. The number of methoxy groups -OCH3 is 1. The van der Waals surface area contributed by atoms with Crippen LogP contribution < -0.4 is 4.74 Å². The van der Waals surface area contributed by atoms with E-state index in [9.17, 15) is 9.50 Å². The second-order valence-electron chi connectivity index (χ2n) is 3.58. The zero-order chi connectivity index (χ0) is 12.3. The number of nitrogens with zero attached hydrogens (tertiary/aromatic N) is 1. The monoisotopic (exact) mass is 233 g/mol. The van der Waals surface area contributed by atoms with Gasteiger partial charge in [0.15, 0.2) is 11.6 Å². The van der Waals surface area contributed by atoms with Crippen molar-refractivity contribution in [2.24, 2.45) is 0 Å². The Labute approximate surface area is 98.5 Å². The van der Waals surface area contributed by atoms with Gasteiger partial charge in [-0.15, -0.1) is 0 Å². The van der Waals surface area contributed by atoms with Crippen LogP contribution >= 0.6 is 0 Å². The van der Waals surface area contributed by atoms with E-state index in [0.29, 0.717) is 11.1 Å². The fraction of sp³-hybridized carbons (Fsp3) is 0.154. The Bertz CT molecular complexity index is 502. The Morgan fingerprint density at radius 2 is 2.12 bits per heavy atom. The average Bonchev–Trinajstić information content (AvgIpc) is 2.39. The summed E-state index contributed by atoms with van der Waals surface area (Å²) in [6.45, 7) is 0. The van der Waals surface area contributed by atoms with E-state index in [1.54, 1.807) is 24.5 Å². The van der Waals surface area contributed by atoms with Gasteiger partial charge in [-0.25, -0.2) is 4.39 Å². The van der Waals surface area contributed by atoms with Crippen LogP contribution in [0, 0.1) is 5.82 Å². The fourth-order valence-corrected chi connectivity index (χ4v) is 1.58. The van der Waals surface area contributed by atoms with Gasteiger partial charge in [-0.1, -0.05) is 12.1 Å². The minimum Gasteiger partial charge on any atom is -0.494 e. The molecule has 0 bridgehead atoms. The topological polar surface area (TPSA) is 42.4 Å². The van der Waals surface area contributed by atoms with E-state index in [4.69, 9.17) is 4.74 Å². The summed E-state index contributed by atoms with van der Waals surface area (Å²) in [5, 5.41) is 10.1. The van der Waals surface area contributed by atoms with Crippen LogP contribution in [0.1, 0.15) is 17.2 Å². The van der Waals surface area contributed by atoms with Crippen molar-refractivity contribution >= 4 is 0 Å². The van der Waals surface area contributed by atoms with Gasteiger partial charge in [-0.05, 0) is 23.8 Å². The predicted molar refractivity (Wildman–Crippen MR) is 61.3 cm³/mol. The van der Waals surface area contributed by atoms with E-state index in [0.717, 1.165) is 0 Å². The molecule has 0 fully saturated rings. The van der Waals surface area contributed by atoms with Crippen LogP contribution in [0.3, 0.4) is 0 Å². The zero-order valence-corrected chi connectivity index (χ0v) is 9.30. The second-order valence-corrected chi connectivity index (χ2v) is 3.58. The first-order valence-corrected chi connectivity index (χ1v) is 5.14. The van der Waals surface area contributed by atoms with Crippen LogP contribution in [0.5, 0.6) is 5.75 Å². The van der Waals surface area contributed by atoms with Gasteiger partial charge in [-0.2, -0.15) is 0 Å². The van der Waals surface area contributed by atoms with Crippen molar-refractivity contribution in [3.63, 3.8) is 0 Å². The summed E-state index contributed by atoms with van der Waals surface area (Å²) in [5.74, 6) is -0.333. The van der Waals surface area contributed by atoms with Gasteiger partial charge in [0.05, 0.1) is 7.11 Å². The molecule has 4 heteroatoms. The molecule has 0 aliphatic carbocycles. The van der Waals surface area contributed by atoms with Gasteiger partial charge in [0, 0.05) is 18.0 Å². The molecule has 0 amide bonds. The Balaban J connectivity index is 2.34. The van der Waals surface area contributed by atoms with Gasteiger partial charge in [0.25, 0.3) is 0 Å². The number of aromatic nitrogens is 1. The first kappa shape index (κ1) is 11.5. The summed E-state index contributed by atoms with van der Waals surface area (Å²) in [6.07, 6.45) is 2.36. The highest BCUT2D eigenvalue weighted by atomic mass is 19.1. The number of rotatable bonds is 3. The van der Waals surface area contributed by atoms with Crippen molar-refractivity contribution in [3.8, 4) is 5.75 Å². The van der Waals surface area contributed by atoms with Gasteiger partial charge in [0.2, 0.25) is 0 Å². The molecular weight excluding hydrogens is 221 g/mol. The molecule has 1 heterocycles. The Morgan fingerprint density at radius 1 is 1.29 bits per heavy atom. The maximum absolute atomic E-state index is 13.2. The third-order valence-electron chi connectivity index (χ3n) is 2.49. The van der Waals surface area contributed by atoms with Crippen LogP contribution in [0.2, 0.25) is 0 Å². The summed E-state index contributed by atoms with van der Waals surface area (Å²) in [5.41, 5.74) is 1.22. The lowest BCUT2D eigenvalue weighted by Gasteiger charge is -2.12. The lowest BCUT2D eigenvalue weighted by atomic mass is 10.0. The smallest absolute Gasteiger partial charge is 0.165 e. The summed E-state index contributed by atoms with van der Waals surface area (Å²) in [7, 11) is 1.39. The number of benzene rings is 1. The molecule has 1 N–H and O–H groups in total. The minimum atomic E-state index is -0.835. The van der Waals surface area contributed by atoms with Crippen LogP contribution in [0.25, 0.3) is 0 Å². The summed E-state index contributed by atoms with van der Waals surface area (Å²) in [4.78, 5) is 3.93. The number of ether oxygens (including phenoxy) is 1. The molecular formula is C13H12FNO2. The number of halogens is 1. The number of aliphatic hydroxyl groups excluding tert-OH is 1. The van der Waals surface area contributed by atoms with Gasteiger partial charge >= 0.3 is 0 Å². The quantitative estimate of drug-likeness (QED) is 0.884. The molecule has 0 spiro atoms. The van der Waals surface area contributed by atoms with Crippen molar-refractivity contribution in [1.29, 1.82) is 0 Å². The molecule has 2 aromatic rings. The minimum absolute atomic E-state index is 0.116. The van der Waals surface area contributed by atoms with Crippen molar-refractivity contribution in [2.45, 2.75) is 6.10 Å². The summed E-state index contributed by atoms with van der Waals surface area (Å²) < 4.78 is 18.1. The van der Waals surface area contributed by atoms with Gasteiger partial charge in [-0.3, -0.25) is 4.98 Å². The third-order valence-corrected chi connectivity index (χ3v) is 2.49. The first-order chi connectivity index (χ1) is 8.22. The molecule has 1 atom stereocenters. The highest BCUT2D eigenvalue weighted by Crippen LogP contribution is 2.26. The summed E-state index contributed by atoms with van der Waals surface area (Å²) >= 11 is 0. The molecule has 0 aliphatic heterocycles. The second kappa shape index (κ2) is 4.93. The first-order valence-electron chi connectivity index (χ1n) is 5.14. The lowest BCUT2D eigenvalue weighted by Crippen LogP contribution is -2.01. The van der Waals surface area contributed by atoms with Gasteiger partial charge in [0.1, 0.15) is 6.10 Å². The van der Waals surface area contributed by atoms with Crippen LogP contribution in [0.15, 0.2) is 42.7 Å². The van der Waals surface area contributed by atoms with Gasteiger partial charge < -0.3 is 9.84 Å². The van der Waals surface area contributed by atoms with E-state index in [1.165, 1.54) is 25.3 Å². The molecule has 0 saturated carbocycles. The molecule has 17 heavy (non-hydrogen) atoms. The largest absolute Gasteiger partial charge is 0.494 e. The van der Waals surface area contributed by atoms with E-state index in [-0.39, 0.29) is 5.75 Å². The Kier molecular flexibility index (Phi) is 3.35. The summed E-state index contributed by atoms with van der Waals surface area (Å²) in [6, 6.07) is 7.77. The molecule has 2 rings (SSSR count). The van der Waals surface area contributed by atoms with E-state index in [2.05, 4.69) is 4.98 Å². The van der Waals surface area contributed by atoms with E-state index in [1.807, 2.05) is 0 Å². The molecule has 1 aromatic heterocycles. The molecule has 1 aromatic carbocycles. The van der Waals surface area contributed by atoms with Crippen molar-refractivity contribution in [3.05, 3.63) is 59.7 Å².